The molecule has 4 heteroatoms. The van der Waals surface area contributed by atoms with Crippen LogP contribution in [-0.2, 0) is 11.2 Å². The maximum atomic E-state index is 9.89. The fourth-order valence-electron chi connectivity index (χ4n) is 1.78. The molecule has 2 heterocycles. The number of aliphatic hydroxyl groups is 1. The molecule has 1 fully saturated rings. The monoisotopic (exact) mass is 271 g/mol. The van der Waals surface area contributed by atoms with Gasteiger partial charge in [-0.1, -0.05) is 0 Å². The topological polar surface area (TPSA) is 42.4 Å². The number of pyridine rings is 1. The van der Waals surface area contributed by atoms with Crippen molar-refractivity contribution in [1.29, 1.82) is 0 Å². The summed E-state index contributed by atoms with van der Waals surface area (Å²) in [5, 5.41) is 9.89. The van der Waals surface area contributed by atoms with Gasteiger partial charge in [0.2, 0.25) is 0 Å². The summed E-state index contributed by atoms with van der Waals surface area (Å²) >= 11 is 3.33. The van der Waals surface area contributed by atoms with Gasteiger partial charge in [-0.25, -0.2) is 0 Å². The fraction of sp³-hybridized carbons (Fsp3) is 0.545. The molecule has 2 atom stereocenters. The van der Waals surface area contributed by atoms with Crippen LogP contribution in [0.5, 0.6) is 0 Å². The predicted octanol–water partition coefficient (Wildman–Crippen LogP) is 1.93. The molecule has 0 amide bonds. The molecule has 2 rings (SSSR count). The van der Waals surface area contributed by atoms with E-state index in [1.807, 2.05) is 12.1 Å². The second-order valence-corrected chi connectivity index (χ2v) is 4.71. The van der Waals surface area contributed by atoms with Crippen molar-refractivity contribution in [2.75, 3.05) is 6.61 Å². The first kappa shape index (κ1) is 11.0. The lowest BCUT2D eigenvalue weighted by atomic mass is 10.1. The molecule has 1 aliphatic rings. The Labute approximate surface area is 97.6 Å². The van der Waals surface area contributed by atoms with E-state index in [0.717, 1.165) is 29.6 Å². The highest BCUT2D eigenvalue weighted by atomic mass is 79.9. The van der Waals surface area contributed by atoms with Crippen molar-refractivity contribution in [1.82, 2.24) is 4.98 Å². The Bertz CT molecular complexity index is 309. The Morgan fingerprint density at radius 1 is 1.60 bits per heavy atom. The van der Waals surface area contributed by atoms with Crippen LogP contribution in [0.25, 0.3) is 0 Å². The van der Waals surface area contributed by atoms with Gasteiger partial charge in [0.25, 0.3) is 0 Å². The first-order valence-electron chi connectivity index (χ1n) is 5.16. The minimum atomic E-state index is -0.429. The zero-order valence-electron chi connectivity index (χ0n) is 8.40. The van der Waals surface area contributed by atoms with Gasteiger partial charge in [0.1, 0.15) is 0 Å². The molecular weight excluding hydrogens is 258 g/mol. The Morgan fingerprint density at radius 2 is 2.47 bits per heavy atom. The van der Waals surface area contributed by atoms with Crippen LogP contribution >= 0.6 is 15.9 Å². The standard InChI is InChI=1S/C11H14BrNO2/c12-8-3-4-9(13-7-8)6-10(14)11-2-1-5-15-11/h3-4,7,10-11,14H,1-2,5-6H2. The molecule has 0 aromatic carbocycles. The molecule has 1 aromatic heterocycles. The van der Waals surface area contributed by atoms with Crippen LogP contribution in [0.1, 0.15) is 18.5 Å². The minimum Gasteiger partial charge on any atom is -0.390 e. The van der Waals surface area contributed by atoms with Gasteiger partial charge in [-0.15, -0.1) is 0 Å². The number of rotatable bonds is 3. The molecule has 3 nitrogen and oxygen atoms in total. The van der Waals surface area contributed by atoms with Crippen molar-refractivity contribution in [2.24, 2.45) is 0 Å². The second-order valence-electron chi connectivity index (χ2n) is 3.79. The lowest BCUT2D eigenvalue weighted by molar-refractivity contribution is -0.00121. The lowest BCUT2D eigenvalue weighted by Gasteiger charge is -2.16. The third-order valence-electron chi connectivity index (χ3n) is 2.60. The summed E-state index contributed by atoms with van der Waals surface area (Å²) in [7, 11) is 0. The van der Waals surface area contributed by atoms with Crippen LogP contribution in [0.4, 0.5) is 0 Å². The Morgan fingerprint density at radius 3 is 3.07 bits per heavy atom. The summed E-state index contributed by atoms with van der Waals surface area (Å²) < 4.78 is 6.38. The number of nitrogens with zero attached hydrogens (tertiary/aromatic N) is 1. The van der Waals surface area contributed by atoms with E-state index in [-0.39, 0.29) is 6.10 Å². The Balaban J connectivity index is 1.92. The molecule has 1 aromatic rings. The number of hydrogen-bond donors (Lipinski definition) is 1. The molecule has 0 saturated carbocycles. The van der Waals surface area contributed by atoms with Crippen molar-refractivity contribution in [3.63, 3.8) is 0 Å². The number of ether oxygens (including phenoxy) is 1. The van der Waals surface area contributed by atoms with Crippen LogP contribution in [0, 0.1) is 0 Å². The first-order valence-corrected chi connectivity index (χ1v) is 5.95. The third-order valence-corrected chi connectivity index (χ3v) is 3.07. The average Bonchev–Trinajstić information content (AvgIpc) is 2.74. The minimum absolute atomic E-state index is 0.00422. The largest absolute Gasteiger partial charge is 0.390 e. The molecule has 1 N–H and O–H groups in total. The molecule has 0 spiro atoms. The summed E-state index contributed by atoms with van der Waals surface area (Å²) in [4.78, 5) is 4.23. The number of hydrogen-bond acceptors (Lipinski definition) is 3. The molecule has 1 saturated heterocycles. The van der Waals surface area contributed by atoms with E-state index in [1.165, 1.54) is 0 Å². The molecule has 15 heavy (non-hydrogen) atoms. The van der Waals surface area contributed by atoms with Crippen molar-refractivity contribution in [3.05, 3.63) is 28.5 Å². The van der Waals surface area contributed by atoms with Gasteiger partial charge < -0.3 is 9.84 Å². The zero-order chi connectivity index (χ0) is 10.7. The van der Waals surface area contributed by atoms with Gasteiger partial charge in [-0.2, -0.15) is 0 Å². The third kappa shape index (κ3) is 3.00. The van der Waals surface area contributed by atoms with Gasteiger partial charge in [0.15, 0.2) is 0 Å². The quantitative estimate of drug-likeness (QED) is 0.914. The van der Waals surface area contributed by atoms with E-state index in [1.54, 1.807) is 6.20 Å². The van der Waals surface area contributed by atoms with Crippen molar-refractivity contribution >= 4 is 15.9 Å². The molecule has 82 valence electrons. The fourth-order valence-corrected chi connectivity index (χ4v) is 2.01. The van der Waals surface area contributed by atoms with Crippen LogP contribution in [0.3, 0.4) is 0 Å². The summed E-state index contributed by atoms with van der Waals surface area (Å²) in [6.07, 6.45) is 3.89. The molecule has 0 bridgehead atoms. The van der Waals surface area contributed by atoms with E-state index in [9.17, 15) is 5.11 Å². The van der Waals surface area contributed by atoms with Crippen molar-refractivity contribution in [2.45, 2.75) is 31.5 Å². The van der Waals surface area contributed by atoms with E-state index >= 15 is 0 Å². The second kappa shape index (κ2) is 5.05. The van der Waals surface area contributed by atoms with Gasteiger partial charge in [0, 0.05) is 29.4 Å². The van der Waals surface area contributed by atoms with E-state index in [2.05, 4.69) is 20.9 Å². The summed E-state index contributed by atoms with van der Waals surface area (Å²) in [6.45, 7) is 0.773. The SMILES string of the molecule is OC(Cc1ccc(Br)cn1)C1CCCO1. The summed E-state index contributed by atoms with van der Waals surface area (Å²) in [5.41, 5.74) is 0.904. The first-order chi connectivity index (χ1) is 7.25. The highest BCUT2D eigenvalue weighted by Crippen LogP contribution is 2.18. The number of aliphatic hydroxyl groups excluding tert-OH is 1. The van der Waals surface area contributed by atoms with Gasteiger partial charge in [-0.05, 0) is 40.9 Å². The van der Waals surface area contributed by atoms with Crippen LogP contribution in [0.2, 0.25) is 0 Å². The highest BCUT2D eigenvalue weighted by Gasteiger charge is 2.24. The van der Waals surface area contributed by atoms with Gasteiger partial charge in [0.05, 0.1) is 12.2 Å². The average molecular weight is 272 g/mol. The van der Waals surface area contributed by atoms with E-state index in [4.69, 9.17) is 4.74 Å². The van der Waals surface area contributed by atoms with Crippen LogP contribution in [-0.4, -0.2) is 28.9 Å². The number of halogens is 1. The summed E-state index contributed by atoms with van der Waals surface area (Å²) in [5.74, 6) is 0. The molecule has 2 unspecified atom stereocenters. The predicted molar refractivity (Wildman–Crippen MR) is 60.6 cm³/mol. The van der Waals surface area contributed by atoms with Crippen molar-refractivity contribution < 1.29 is 9.84 Å². The lowest BCUT2D eigenvalue weighted by Crippen LogP contribution is -2.27. The van der Waals surface area contributed by atoms with Crippen LogP contribution in [0.15, 0.2) is 22.8 Å². The normalized spacial score (nSPS) is 22.9. The maximum Gasteiger partial charge on any atom is 0.0857 e. The molecule has 0 aliphatic carbocycles. The molecule has 1 aliphatic heterocycles. The molecular formula is C11H14BrNO2. The van der Waals surface area contributed by atoms with Crippen molar-refractivity contribution in [3.8, 4) is 0 Å². The number of aromatic nitrogens is 1. The van der Waals surface area contributed by atoms with Gasteiger partial charge in [-0.3, -0.25) is 4.98 Å². The maximum absolute atomic E-state index is 9.89. The highest BCUT2D eigenvalue weighted by molar-refractivity contribution is 9.10. The Hall–Kier alpha value is -0.450. The smallest absolute Gasteiger partial charge is 0.0857 e. The van der Waals surface area contributed by atoms with Crippen LogP contribution < -0.4 is 0 Å². The van der Waals surface area contributed by atoms with E-state index < -0.39 is 6.10 Å². The van der Waals surface area contributed by atoms with E-state index in [0.29, 0.717) is 6.42 Å². The Kier molecular flexibility index (Phi) is 3.72. The summed E-state index contributed by atoms with van der Waals surface area (Å²) in [6, 6.07) is 3.85. The molecule has 0 radical (unpaired) electrons. The van der Waals surface area contributed by atoms with Gasteiger partial charge >= 0.3 is 0 Å². The zero-order valence-corrected chi connectivity index (χ0v) is 9.98.